The first-order valence-electron chi connectivity index (χ1n) is 7.10. The van der Waals surface area contributed by atoms with Crippen molar-refractivity contribution in [1.29, 1.82) is 0 Å². The maximum absolute atomic E-state index is 12.9. The summed E-state index contributed by atoms with van der Waals surface area (Å²) in [5.74, 6) is 0.105. The van der Waals surface area contributed by atoms with Crippen molar-refractivity contribution in [3.63, 3.8) is 0 Å². The molecule has 0 saturated carbocycles. The lowest BCUT2D eigenvalue weighted by Crippen LogP contribution is -1.92. The molecular formula is C17H10ClFN4O. The highest BCUT2D eigenvalue weighted by molar-refractivity contribution is 6.33. The number of hydrogen-bond acceptors (Lipinski definition) is 4. The molecule has 1 N–H and O–H groups in total. The van der Waals surface area contributed by atoms with E-state index in [4.69, 9.17) is 16.3 Å². The highest BCUT2D eigenvalue weighted by Gasteiger charge is 2.13. The van der Waals surface area contributed by atoms with E-state index in [9.17, 15) is 4.39 Å². The van der Waals surface area contributed by atoms with Crippen molar-refractivity contribution in [3.8, 4) is 23.0 Å². The summed E-state index contributed by atoms with van der Waals surface area (Å²) >= 11 is 6.22. The molecule has 0 radical (unpaired) electrons. The van der Waals surface area contributed by atoms with Crippen molar-refractivity contribution < 1.29 is 9.13 Å². The third-order valence-corrected chi connectivity index (χ3v) is 3.79. The summed E-state index contributed by atoms with van der Waals surface area (Å²) in [6, 6.07) is 13.2. The fourth-order valence-corrected chi connectivity index (χ4v) is 2.54. The molecule has 0 unspecified atom stereocenters. The molecule has 4 aromatic rings. The average molecular weight is 341 g/mol. The van der Waals surface area contributed by atoms with Crippen LogP contribution >= 0.6 is 11.6 Å². The van der Waals surface area contributed by atoms with E-state index < -0.39 is 0 Å². The molecule has 118 valence electrons. The third kappa shape index (κ3) is 2.68. The summed E-state index contributed by atoms with van der Waals surface area (Å²) in [4.78, 5) is 8.44. The highest BCUT2D eigenvalue weighted by atomic mass is 35.5. The number of aromatic nitrogens is 4. The maximum Gasteiger partial charge on any atom is 0.324 e. The first kappa shape index (κ1) is 14.6. The van der Waals surface area contributed by atoms with Crippen LogP contribution in [0.25, 0.3) is 22.3 Å². The van der Waals surface area contributed by atoms with Crippen LogP contribution in [0.1, 0.15) is 0 Å². The van der Waals surface area contributed by atoms with Crippen molar-refractivity contribution in [2.24, 2.45) is 0 Å². The van der Waals surface area contributed by atoms with Gasteiger partial charge in [-0.05, 0) is 30.3 Å². The van der Waals surface area contributed by atoms with Gasteiger partial charge in [0.15, 0.2) is 5.65 Å². The minimum atomic E-state index is -0.338. The van der Waals surface area contributed by atoms with Gasteiger partial charge in [0.25, 0.3) is 0 Å². The molecule has 24 heavy (non-hydrogen) atoms. The zero-order valence-corrected chi connectivity index (χ0v) is 13.0. The molecule has 0 spiro atoms. The molecule has 0 aliphatic carbocycles. The van der Waals surface area contributed by atoms with Crippen LogP contribution in [0.4, 0.5) is 4.39 Å². The first-order valence-corrected chi connectivity index (χ1v) is 7.48. The lowest BCUT2D eigenvalue weighted by atomic mass is 10.1. The van der Waals surface area contributed by atoms with E-state index in [0.717, 1.165) is 16.6 Å². The van der Waals surface area contributed by atoms with E-state index in [1.807, 2.05) is 18.2 Å². The number of nitrogens with one attached hydrogen (secondary N) is 1. The van der Waals surface area contributed by atoms with Crippen LogP contribution in [-0.4, -0.2) is 20.2 Å². The Hall–Kier alpha value is -2.99. The van der Waals surface area contributed by atoms with E-state index in [0.29, 0.717) is 16.4 Å². The van der Waals surface area contributed by atoms with E-state index >= 15 is 0 Å². The Labute approximate surface area is 141 Å². The summed E-state index contributed by atoms with van der Waals surface area (Å²) < 4.78 is 18.4. The molecule has 0 amide bonds. The number of ether oxygens (including phenoxy) is 1. The number of hydrogen-bond donors (Lipinski definition) is 1. The van der Waals surface area contributed by atoms with Crippen molar-refractivity contribution >= 4 is 22.6 Å². The second kappa shape index (κ2) is 5.90. The monoisotopic (exact) mass is 340 g/mol. The number of fused-ring (bicyclic) bond motifs is 1. The molecule has 0 atom stereocenters. The average Bonchev–Trinajstić information content (AvgIpc) is 3.00. The van der Waals surface area contributed by atoms with Gasteiger partial charge in [-0.3, -0.25) is 5.10 Å². The van der Waals surface area contributed by atoms with Gasteiger partial charge in [0.1, 0.15) is 11.6 Å². The molecule has 5 nitrogen and oxygen atoms in total. The second-order valence-electron chi connectivity index (χ2n) is 5.02. The molecule has 7 heteroatoms. The minimum absolute atomic E-state index is 0.131. The molecular weight excluding hydrogens is 331 g/mol. The molecule has 4 rings (SSSR count). The lowest BCUT2D eigenvalue weighted by Gasteiger charge is -2.03. The highest BCUT2D eigenvalue weighted by Crippen LogP contribution is 2.31. The SMILES string of the molecule is Fc1ccc(Oc2ncc3c(-c4ccccc4Cl)[nH]nc3n2)cc1. The van der Waals surface area contributed by atoms with Gasteiger partial charge in [0.2, 0.25) is 0 Å². The van der Waals surface area contributed by atoms with Gasteiger partial charge >= 0.3 is 6.01 Å². The maximum atomic E-state index is 12.9. The number of H-pyrrole nitrogens is 1. The molecule has 0 aliphatic heterocycles. The van der Waals surface area contributed by atoms with Crippen molar-refractivity contribution in [2.45, 2.75) is 0 Å². The first-order chi connectivity index (χ1) is 11.7. The van der Waals surface area contributed by atoms with Crippen LogP contribution in [0.15, 0.2) is 54.7 Å². The zero-order valence-electron chi connectivity index (χ0n) is 12.2. The van der Waals surface area contributed by atoms with Crippen molar-refractivity contribution in [2.75, 3.05) is 0 Å². The van der Waals surface area contributed by atoms with E-state index in [-0.39, 0.29) is 11.8 Å². The molecule has 0 saturated heterocycles. The van der Waals surface area contributed by atoms with E-state index in [1.54, 1.807) is 12.3 Å². The van der Waals surface area contributed by atoms with Crippen LogP contribution in [0.3, 0.4) is 0 Å². The molecule has 2 aromatic carbocycles. The summed E-state index contributed by atoms with van der Waals surface area (Å²) in [5.41, 5.74) is 2.01. The Kier molecular flexibility index (Phi) is 3.59. The number of benzene rings is 2. The largest absolute Gasteiger partial charge is 0.424 e. The Bertz CT molecular complexity index is 1020. The van der Waals surface area contributed by atoms with Crippen LogP contribution in [-0.2, 0) is 0 Å². The van der Waals surface area contributed by atoms with Gasteiger partial charge in [0, 0.05) is 16.8 Å². The molecule has 0 fully saturated rings. The summed E-state index contributed by atoms with van der Waals surface area (Å²) in [6.07, 6.45) is 1.61. The van der Waals surface area contributed by atoms with Gasteiger partial charge in [-0.25, -0.2) is 9.37 Å². The lowest BCUT2D eigenvalue weighted by molar-refractivity contribution is 0.442. The Balaban J connectivity index is 1.70. The van der Waals surface area contributed by atoms with Crippen LogP contribution in [0.5, 0.6) is 11.8 Å². The zero-order chi connectivity index (χ0) is 16.5. The normalized spacial score (nSPS) is 10.9. The van der Waals surface area contributed by atoms with Gasteiger partial charge in [0.05, 0.1) is 11.1 Å². The predicted octanol–water partition coefficient (Wildman–Crippen LogP) is 4.60. The van der Waals surface area contributed by atoms with Crippen LogP contribution in [0.2, 0.25) is 5.02 Å². The summed E-state index contributed by atoms with van der Waals surface area (Å²) in [5, 5.41) is 8.44. The summed E-state index contributed by atoms with van der Waals surface area (Å²) in [6.45, 7) is 0. The van der Waals surface area contributed by atoms with E-state index in [1.165, 1.54) is 24.3 Å². The fourth-order valence-electron chi connectivity index (χ4n) is 2.31. The van der Waals surface area contributed by atoms with Gasteiger partial charge in [-0.2, -0.15) is 10.1 Å². The Morgan fingerprint density at radius 2 is 1.83 bits per heavy atom. The second-order valence-corrected chi connectivity index (χ2v) is 5.43. The number of halogens is 2. The number of rotatable bonds is 3. The van der Waals surface area contributed by atoms with Crippen LogP contribution in [0, 0.1) is 5.82 Å². The third-order valence-electron chi connectivity index (χ3n) is 3.46. The van der Waals surface area contributed by atoms with Crippen molar-refractivity contribution in [1.82, 2.24) is 20.2 Å². The molecule has 0 bridgehead atoms. The van der Waals surface area contributed by atoms with Crippen LogP contribution < -0.4 is 4.74 Å². The van der Waals surface area contributed by atoms with Gasteiger partial charge < -0.3 is 4.74 Å². The molecule has 0 aliphatic rings. The smallest absolute Gasteiger partial charge is 0.324 e. The number of nitrogens with zero attached hydrogens (tertiary/aromatic N) is 3. The van der Waals surface area contributed by atoms with Crippen molar-refractivity contribution in [3.05, 3.63) is 65.6 Å². The summed E-state index contributed by atoms with van der Waals surface area (Å²) in [7, 11) is 0. The fraction of sp³-hybridized carbons (Fsp3) is 0. The topological polar surface area (TPSA) is 63.7 Å². The Morgan fingerprint density at radius 1 is 1.04 bits per heavy atom. The van der Waals surface area contributed by atoms with Gasteiger partial charge in [-0.1, -0.05) is 29.8 Å². The Morgan fingerprint density at radius 3 is 2.62 bits per heavy atom. The number of aromatic amines is 1. The quantitative estimate of drug-likeness (QED) is 0.591. The van der Waals surface area contributed by atoms with Gasteiger partial charge in [-0.15, -0.1) is 0 Å². The molecule has 2 heterocycles. The minimum Gasteiger partial charge on any atom is -0.424 e. The standard InChI is InChI=1S/C17H10ClFN4O/c18-14-4-2-1-3-12(14)15-13-9-20-17(21-16(13)23-22-15)24-11-7-5-10(19)6-8-11/h1-9H,(H,20,21,22,23). The predicted molar refractivity (Wildman–Crippen MR) is 88.6 cm³/mol. The van der Waals surface area contributed by atoms with E-state index in [2.05, 4.69) is 20.2 Å². The molecule has 2 aromatic heterocycles.